The lowest BCUT2D eigenvalue weighted by atomic mass is 10.1. The van der Waals surface area contributed by atoms with Crippen LogP contribution in [0.1, 0.15) is 12.5 Å². The lowest BCUT2D eigenvalue weighted by molar-refractivity contribution is -0.122. The number of hydrogen-bond donors (Lipinski definition) is 2. The van der Waals surface area contributed by atoms with Gasteiger partial charge in [-0.05, 0) is 36.7 Å². The first-order chi connectivity index (χ1) is 8.04. The fourth-order valence-electron chi connectivity index (χ4n) is 1.34. The number of amides is 1. The number of rotatable bonds is 6. The molecule has 0 spiro atoms. The molecule has 0 aliphatic carbocycles. The number of nitrogens with two attached hydrogens (primary N) is 2. The minimum absolute atomic E-state index is 0.258. The van der Waals surface area contributed by atoms with Gasteiger partial charge in [-0.1, -0.05) is 18.5 Å². The Morgan fingerprint density at radius 2 is 2.24 bits per heavy atom. The Bertz CT molecular complexity index is 396. The zero-order valence-corrected chi connectivity index (χ0v) is 10.5. The predicted molar refractivity (Wildman–Crippen MR) is 68.1 cm³/mol. The number of benzene rings is 1. The molecule has 0 bridgehead atoms. The molecule has 1 atom stereocenters. The molecule has 0 aliphatic rings. The van der Waals surface area contributed by atoms with Gasteiger partial charge in [-0.3, -0.25) is 4.79 Å². The van der Waals surface area contributed by atoms with Gasteiger partial charge >= 0.3 is 0 Å². The molecule has 1 amide bonds. The second-order valence-corrected chi connectivity index (χ2v) is 4.34. The molecule has 1 aromatic carbocycles. The highest BCUT2D eigenvalue weighted by Gasteiger charge is 2.11. The van der Waals surface area contributed by atoms with E-state index in [1.54, 1.807) is 19.1 Å². The molecule has 1 rings (SSSR count). The summed E-state index contributed by atoms with van der Waals surface area (Å²) in [6, 6.07) is 5.34. The van der Waals surface area contributed by atoms with Crippen molar-refractivity contribution in [3.63, 3.8) is 0 Å². The maximum absolute atomic E-state index is 10.9. The maximum atomic E-state index is 10.9. The number of hydrogen-bond acceptors (Lipinski definition) is 3. The first-order valence-electron chi connectivity index (χ1n) is 5.45. The molecule has 0 saturated carbocycles. The maximum Gasteiger partial charge on any atom is 0.223 e. The molecule has 0 aliphatic heterocycles. The summed E-state index contributed by atoms with van der Waals surface area (Å²) < 4.78 is 5.55. The average Bonchev–Trinajstić information content (AvgIpc) is 2.28. The van der Waals surface area contributed by atoms with Gasteiger partial charge in [0.05, 0.1) is 12.5 Å². The third kappa shape index (κ3) is 4.24. The van der Waals surface area contributed by atoms with Crippen LogP contribution >= 0.6 is 11.6 Å². The fraction of sp³-hybridized carbons (Fsp3) is 0.417. The summed E-state index contributed by atoms with van der Waals surface area (Å²) in [6.07, 6.45) is 0.681. The molecule has 4 nitrogen and oxygen atoms in total. The topological polar surface area (TPSA) is 78.3 Å². The summed E-state index contributed by atoms with van der Waals surface area (Å²) in [5.74, 6) is 0.00342. The SMILES string of the molecule is CC(COc1ccc(Cl)cc1CCN)C(N)=O. The van der Waals surface area contributed by atoms with Crippen molar-refractivity contribution >= 4 is 17.5 Å². The fourth-order valence-corrected chi connectivity index (χ4v) is 1.53. The first-order valence-corrected chi connectivity index (χ1v) is 5.83. The van der Waals surface area contributed by atoms with Crippen molar-refractivity contribution in [3.05, 3.63) is 28.8 Å². The average molecular weight is 257 g/mol. The van der Waals surface area contributed by atoms with E-state index < -0.39 is 0 Å². The van der Waals surface area contributed by atoms with E-state index in [0.29, 0.717) is 23.7 Å². The van der Waals surface area contributed by atoms with Gasteiger partial charge in [0.25, 0.3) is 0 Å². The van der Waals surface area contributed by atoms with Crippen molar-refractivity contribution in [1.82, 2.24) is 0 Å². The van der Waals surface area contributed by atoms with Gasteiger partial charge < -0.3 is 16.2 Å². The van der Waals surface area contributed by atoms with Crippen molar-refractivity contribution < 1.29 is 9.53 Å². The van der Waals surface area contributed by atoms with E-state index in [4.69, 9.17) is 27.8 Å². The Labute approximate surface area is 106 Å². The standard InChI is InChI=1S/C12H17ClN2O2/c1-8(12(15)16)7-17-11-3-2-10(13)6-9(11)4-5-14/h2-3,6,8H,4-5,7,14H2,1H3,(H2,15,16). The smallest absolute Gasteiger partial charge is 0.223 e. The molecule has 1 aromatic rings. The van der Waals surface area contributed by atoms with Gasteiger partial charge in [0, 0.05) is 5.02 Å². The molecule has 1 unspecified atom stereocenters. The van der Waals surface area contributed by atoms with Crippen LogP contribution in [0, 0.1) is 5.92 Å². The first kappa shape index (κ1) is 13.8. The summed E-state index contributed by atoms with van der Waals surface area (Å²) >= 11 is 5.90. The number of ether oxygens (including phenoxy) is 1. The molecule has 0 radical (unpaired) electrons. The minimum Gasteiger partial charge on any atom is -0.492 e. The molecule has 0 heterocycles. The molecule has 5 heteroatoms. The molecule has 4 N–H and O–H groups in total. The van der Waals surface area contributed by atoms with E-state index in [9.17, 15) is 4.79 Å². The van der Waals surface area contributed by atoms with Crippen LogP contribution in [0.4, 0.5) is 0 Å². The van der Waals surface area contributed by atoms with Crippen LogP contribution < -0.4 is 16.2 Å². The monoisotopic (exact) mass is 256 g/mol. The summed E-state index contributed by atoms with van der Waals surface area (Å²) in [6.45, 7) is 2.50. The predicted octanol–water partition coefficient (Wildman–Crippen LogP) is 1.34. The van der Waals surface area contributed by atoms with Gasteiger partial charge in [0.2, 0.25) is 5.91 Å². The Kier molecular flexibility index (Phi) is 5.25. The summed E-state index contributed by atoms with van der Waals surface area (Å²) in [4.78, 5) is 10.9. The van der Waals surface area contributed by atoms with Crippen molar-refractivity contribution in [2.45, 2.75) is 13.3 Å². The number of halogens is 1. The number of carbonyl (C=O) groups excluding carboxylic acids is 1. The lowest BCUT2D eigenvalue weighted by Gasteiger charge is -2.13. The molecule has 0 fully saturated rings. The van der Waals surface area contributed by atoms with E-state index >= 15 is 0 Å². The van der Waals surface area contributed by atoms with Crippen molar-refractivity contribution in [2.75, 3.05) is 13.2 Å². The van der Waals surface area contributed by atoms with Crippen LogP contribution in [0.3, 0.4) is 0 Å². The zero-order chi connectivity index (χ0) is 12.8. The molecular weight excluding hydrogens is 240 g/mol. The highest BCUT2D eigenvalue weighted by Crippen LogP contribution is 2.23. The highest BCUT2D eigenvalue weighted by molar-refractivity contribution is 6.30. The van der Waals surface area contributed by atoms with E-state index in [2.05, 4.69) is 0 Å². The van der Waals surface area contributed by atoms with Crippen molar-refractivity contribution in [1.29, 1.82) is 0 Å². The summed E-state index contributed by atoms with van der Waals surface area (Å²) in [7, 11) is 0. The van der Waals surface area contributed by atoms with E-state index in [-0.39, 0.29) is 18.4 Å². The molecular formula is C12H17ClN2O2. The van der Waals surface area contributed by atoms with Crippen molar-refractivity contribution in [2.24, 2.45) is 17.4 Å². The Morgan fingerprint density at radius 3 is 2.82 bits per heavy atom. The van der Waals surface area contributed by atoms with Gasteiger partial charge in [0.15, 0.2) is 0 Å². The van der Waals surface area contributed by atoms with E-state index in [1.807, 2.05) is 6.07 Å². The van der Waals surface area contributed by atoms with E-state index in [0.717, 1.165) is 5.56 Å². The summed E-state index contributed by atoms with van der Waals surface area (Å²) in [5.41, 5.74) is 11.6. The van der Waals surface area contributed by atoms with Crippen LogP contribution in [0.25, 0.3) is 0 Å². The summed E-state index contributed by atoms with van der Waals surface area (Å²) in [5, 5.41) is 0.642. The molecule has 0 aromatic heterocycles. The third-order valence-corrected chi connectivity index (χ3v) is 2.65. The van der Waals surface area contributed by atoms with Crippen LogP contribution in [-0.2, 0) is 11.2 Å². The van der Waals surface area contributed by atoms with Crippen LogP contribution in [0.5, 0.6) is 5.75 Å². The number of primary amides is 1. The van der Waals surface area contributed by atoms with Gasteiger partial charge in [0.1, 0.15) is 5.75 Å². The van der Waals surface area contributed by atoms with Crippen LogP contribution in [0.15, 0.2) is 18.2 Å². The molecule has 17 heavy (non-hydrogen) atoms. The Hall–Kier alpha value is -1.26. The minimum atomic E-state index is -0.376. The highest BCUT2D eigenvalue weighted by atomic mass is 35.5. The normalized spacial score (nSPS) is 12.2. The van der Waals surface area contributed by atoms with E-state index in [1.165, 1.54) is 0 Å². The second kappa shape index (κ2) is 6.47. The molecule has 94 valence electrons. The lowest BCUT2D eigenvalue weighted by Crippen LogP contribution is -2.26. The zero-order valence-electron chi connectivity index (χ0n) is 9.78. The van der Waals surface area contributed by atoms with Crippen LogP contribution in [-0.4, -0.2) is 19.1 Å². The second-order valence-electron chi connectivity index (χ2n) is 3.91. The number of carbonyl (C=O) groups is 1. The molecule has 0 saturated heterocycles. The quantitative estimate of drug-likeness (QED) is 0.806. The van der Waals surface area contributed by atoms with Crippen molar-refractivity contribution in [3.8, 4) is 5.75 Å². The van der Waals surface area contributed by atoms with Crippen LogP contribution in [0.2, 0.25) is 5.02 Å². The van der Waals surface area contributed by atoms with Gasteiger partial charge in [-0.25, -0.2) is 0 Å². The largest absolute Gasteiger partial charge is 0.492 e. The van der Waals surface area contributed by atoms with Gasteiger partial charge in [-0.2, -0.15) is 0 Å². The Morgan fingerprint density at radius 1 is 1.53 bits per heavy atom. The van der Waals surface area contributed by atoms with Gasteiger partial charge in [-0.15, -0.1) is 0 Å². The Balaban J connectivity index is 2.72. The third-order valence-electron chi connectivity index (χ3n) is 2.41.